The summed E-state index contributed by atoms with van der Waals surface area (Å²) in [6, 6.07) is 6.13. The second-order valence-electron chi connectivity index (χ2n) is 5.01. The molecule has 2 rings (SSSR count). The van der Waals surface area contributed by atoms with Crippen molar-refractivity contribution in [2.24, 2.45) is 0 Å². The van der Waals surface area contributed by atoms with Gasteiger partial charge >= 0.3 is 0 Å². The van der Waals surface area contributed by atoms with Crippen LogP contribution in [0.15, 0.2) is 30.3 Å². The summed E-state index contributed by atoms with van der Waals surface area (Å²) in [6.07, 6.45) is 5.52. The zero-order chi connectivity index (χ0) is 15.2. The third kappa shape index (κ3) is 3.66. The number of amides is 1. The molecule has 0 radical (unpaired) electrons. The number of nitrogens with zero attached hydrogens (tertiary/aromatic N) is 2. The van der Waals surface area contributed by atoms with Crippen molar-refractivity contribution in [3.63, 3.8) is 0 Å². The van der Waals surface area contributed by atoms with Gasteiger partial charge in [-0.1, -0.05) is 12.1 Å². The predicted octanol–water partition coefficient (Wildman–Crippen LogP) is 1.98. The highest BCUT2D eigenvalue weighted by Crippen LogP contribution is 2.20. The minimum atomic E-state index is -0.471. The average Bonchev–Trinajstić information content (AvgIpc) is 2.52. The summed E-state index contributed by atoms with van der Waals surface area (Å²) in [5, 5.41) is 20.2. The molecule has 1 aliphatic heterocycles. The molecule has 1 unspecified atom stereocenters. The Bertz CT molecular complexity index is 556. The van der Waals surface area contributed by atoms with E-state index < -0.39 is 4.92 Å². The van der Waals surface area contributed by atoms with E-state index in [0.29, 0.717) is 12.1 Å². The highest BCUT2D eigenvalue weighted by Gasteiger charge is 2.24. The Morgan fingerprint density at radius 2 is 2.19 bits per heavy atom. The molecule has 6 heteroatoms. The molecule has 1 aromatic carbocycles. The fourth-order valence-electron chi connectivity index (χ4n) is 2.53. The van der Waals surface area contributed by atoms with Crippen LogP contribution in [-0.4, -0.2) is 40.0 Å². The Balaban J connectivity index is 2.13. The van der Waals surface area contributed by atoms with Crippen LogP contribution >= 0.6 is 0 Å². The smallest absolute Gasteiger partial charge is 0.276 e. The molecule has 0 aliphatic carbocycles. The maximum Gasteiger partial charge on any atom is 0.276 e. The van der Waals surface area contributed by atoms with Gasteiger partial charge in [0.2, 0.25) is 5.91 Å². The van der Waals surface area contributed by atoms with E-state index in [2.05, 4.69) is 0 Å². The first-order valence-electron chi connectivity index (χ1n) is 6.96. The molecule has 1 aromatic rings. The molecule has 1 atom stereocenters. The Morgan fingerprint density at radius 3 is 2.90 bits per heavy atom. The van der Waals surface area contributed by atoms with Gasteiger partial charge in [0, 0.05) is 18.7 Å². The number of carbonyl (C=O) groups is 1. The number of likely N-dealkylation sites (tertiary alicyclic amines) is 1. The third-order valence-corrected chi connectivity index (χ3v) is 3.66. The van der Waals surface area contributed by atoms with Crippen molar-refractivity contribution >= 4 is 17.7 Å². The van der Waals surface area contributed by atoms with E-state index in [-0.39, 0.29) is 24.2 Å². The van der Waals surface area contributed by atoms with Crippen LogP contribution in [0.25, 0.3) is 6.08 Å². The molecule has 112 valence electrons. The van der Waals surface area contributed by atoms with Crippen LogP contribution in [0, 0.1) is 10.1 Å². The molecule has 0 bridgehead atoms. The zero-order valence-corrected chi connectivity index (χ0v) is 11.6. The molecule has 1 saturated heterocycles. The van der Waals surface area contributed by atoms with Gasteiger partial charge in [-0.2, -0.15) is 0 Å². The number of aliphatic hydroxyl groups excluding tert-OH is 1. The highest BCUT2D eigenvalue weighted by molar-refractivity contribution is 5.92. The first-order valence-corrected chi connectivity index (χ1v) is 6.96. The van der Waals surface area contributed by atoms with Crippen molar-refractivity contribution in [3.05, 3.63) is 46.0 Å². The number of hydrogen-bond acceptors (Lipinski definition) is 4. The van der Waals surface area contributed by atoms with Gasteiger partial charge in [0.1, 0.15) is 0 Å². The first kappa shape index (κ1) is 15.2. The summed E-state index contributed by atoms with van der Waals surface area (Å²) in [5.74, 6) is -0.216. The van der Waals surface area contributed by atoms with E-state index in [0.717, 1.165) is 19.3 Å². The Labute approximate surface area is 122 Å². The van der Waals surface area contributed by atoms with Gasteiger partial charge in [0.25, 0.3) is 5.69 Å². The Morgan fingerprint density at radius 1 is 1.43 bits per heavy atom. The maximum absolute atomic E-state index is 12.2. The van der Waals surface area contributed by atoms with E-state index >= 15 is 0 Å². The normalized spacial score (nSPS) is 18.9. The molecule has 6 nitrogen and oxygen atoms in total. The lowest BCUT2D eigenvalue weighted by molar-refractivity contribution is -0.385. The molecular weight excluding hydrogens is 272 g/mol. The van der Waals surface area contributed by atoms with Crippen LogP contribution in [0.4, 0.5) is 5.69 Å². The quantitative estimate of drug-likeness (QED) is 0.522. The fraction of sp³-hybridized carbons (Fsp3) is 0.400. The molecule has 1 fully saturated rings. The minimum Gasteiger partial charge on any atom is -0.394 e. The molecule has 1 heterocycles. The van der Waals surface area contributed by atoms with Crippen molar-refractivity contribution < 1.29 is 14.8 Å². The number of carbonyl (C=O) groups excluding carboxylic acids is 1. The van der Waals surface area contributed by atoms with Crippen molar-refractivity contribution in [2.45, 2.75) is 25.3 Å². The van der Waals surface area contributed by atoms with Crippen LogP contribution in [0.2, 0.25) is 0 Å². The van der Waals surface area contributed by atoms with Crippen LogP contribution in [0.3, 0.4) is 0 Å². The lowest BCUT2D eigenvalue weighted by Gasteiger charge is -2.33. The molecule has 0 saturated carbocycles. The van der Waals surface area contributed by atoms with Gasteiger partial charge in [-0.05, 0) is 31.4 Å². The van der Waals surface area contributed by atoms with Crippen molar-refractivity contribution in [1.82, 2.24) is 4.90 Å². The van der Waals surface area contributed by atoms with Gasteiger partial charge in [-0.25, -0.2) is 0 Å². The molecule has 1 N–H and O–H groups in total. The second-order valence-corrected chi connectivity index (χ2v) is 5.01. The fourth-order valence-corrected chi connectivity index (χ4v) is 2.53. The molecule has 1 amide bonds. The van der Waals surface area contributed by atoms with Crippen molar-refractivity contribution in [1.29, 1.82) is 0 Å². The molecule has 21 heavy (non-hydrogen) atoms. The third-order valence-electron chi connectivity index (χ3n) is 3.66. The number of aliphatic hydroxyl groups is 1. The Kier molecular flexibility index (Phi) is 5.05. The zero-order valence-electron chi connectivity index (χ0n) is 11.6. The molecular formula is C15H18N2O4. The Hall–Kier alpha value is -2.21. The summed E-state index contributed by atoms with van der Waals surface area (Å²) < 4.78 is 0. The average molecular weight is 290 g/mol. The summed E-state index contributed by atoms with van der Waals surface area (Å²) >= 11 is 0. The number of rotatable bonds is 4. The number of hydrogen-bond donors (Lipinski definition) is 1. The van der Waals surface area contributed by atoms with Crippen molar-refractivity contribution in [2.75, 3.05) is 13.2 Å². The van der Waals surface area contributed by atoms with Gasteiger partial charge in [0.15, 0.2) is 0 Å². The number of benzene rings is 1. The van der Waals surface area contributed by atoms with E-state index in [1.54, 1.807) is 23.1 Å². The van der Waals surface area contributed by atoms with Crippen LogP contribution in [0.5, 0.6) is 0 Å². The second kappa shape index (κ2) is 6.99. The standard InChI is InChI=1S/C15H18N2O4/c18-11-13-6-3-4-10-16(13)15(19)9-8-12-5-1-2-7-14(12)17(20)21/h1-2,5,7-9,13,18H,3-4,6,10-11H2/b9-8+. The summed E-state index contributed by atoms with van der Waals surface area (Å²) in [7, 11) is 0. The minimum absolute atomic E-state index is 0.0288. The maximum atomic E-state index is 12.2. The number of piperidine rings is 1. The monoisotopic (exact) mass is 290 g/mol. The predicted molar refractivity (Wildman–Crippen MR) is 78.6 cm³/mol. The van der Waals surface area contributed by atoms with Gasteiger partial charge in [-0.15, -0.1) is 0 Å². The van der Waals surface area contributed by atoms with Crippen LogP contribution in [0.1, 0.15) is 24.8 Å². The highest BCUT2D eigenvalue weighted by atomic mass is 16.6. The molecule has 1 aliphatic rings. The molecule has 0 spiro atoms. The van der Waals surface area contributed by atoms with E-state index in [9.17, 15) is 20.0 Å². The lowest BCUT2D eigenvalue weighted by Crippen LogP contribution is -2.44. The summed E-state index contributed by atoms with van der Waals surface area (Å²) in [4.78, 5) is 24.3. The largest absolute Gasteiger partial charge is 0.394 e. The summed E-state index contributed by atoms with van der Waals surface area (Å²) in [6.45, 7) is 0.566. The number of nitro groups is 1. The number of nitro benzene ring substituents is 1. The van der Waals surface area contributed by atoms with Gasteiger partial charge in [0.05, 0.1) is 23.1 Å². The molecule has 0 aromatic heterocycles. The number of para-hydroxylation sites is 1. The van der Waals surface area contributed by atoms with Crippen LogP contribution < -0.4 is 0 Å². The van der Waals surface area contributed by atoms with Crippen LogP contribution in [-0.2, 0) is 4.79 Å². The SMILES string of the molecule is O=C(/C=C/c1ccccc1[N+](=O)[O-])N1CCCCC1CO. The lowest BCUT2D eigenvalue weighted by atomic mass is 10.0. The topological polar surface area (TPSA) is 83.7 Å². The van der Waals surface area contributed by atoms with E-state index in [4.69, 9.17) is 0 Å². The first-order chi connectivity index (χ1) is 10.1. The van der Waals surface area contributed by atoms with Gasteiger partial charge < -0.3 is 10.0 Å². The van der Waals surface area contributed by atoms with Gasteiger partial charge in [-0.3, -0.25) is 14.9 Å². The van der Waals surface area contributed by atoms with E-state index in [1.807, 2.05) is 0 Å². The van der Waals surface area contributed by atoms with E-state index in [1.165, 1.54) is 18.2 Å². The summed E-state index contributed by atoms with van der Waals surface area (Å²) in [5.41, 5.74) is 0.368. The van der Waals surface area contributed by atoms with Crippen molar-refractivity contribution in [3.8, 4) is 0 Å².